The molecule has 0 amide bonds. The Kier molecular flexibility index (Phi) is 5.30. The minimum Gasteiger partial charge on any atom is -0.319 e. The molecule has 1 rings (SSSR count). The first kappa shape index (κ1) is 14.8. The standard InChI is InChI=1S/C13H23NOSSi/c1-5-8-12(11(6-2)13(15)16)14-9-7-10-17(14,3)4/h1,11-12H,6-10H2,2-4H3,(H,15,16). The summed E-state index contributed by atoms with van der Waals surface area (Å²) in [4.78, 5) is 11.6. The van der Waals surface area contributed by atoms with Gasteiger partial charge in [-0.15, -0.1) is 25.0 Å². The predicted molar refractivity (Wildman–Crippen MR) is 78.6 cm³/mol. The molecule has 1 aliphatic heterocycles. The van der Waals surface area contributed by atoms with E-state index in [0.717, 1.165) is 13.0 Å². The first-order chi connectivity index (χ1) is 7.94. The first-order valence-corrected chi connectivity index (χ1v) is 9.97. The highest BCUT2D eigenvalue weighted by atomic mass is 32.1. The Hall–Kier alpha value is -0.243. The molecule has 1 aliphatic rings. The van der Waals surface area contributed by atoms with Crippen LogP contribution in [-0.4, -0.2) is 30.5 Å². The van der Waals surface area contributed by atoms with E-state index in [9.17, 15) is 4.79 Å². The average molecular weight is 269 g/mol. The van der Waals surface area contributed by atoms with E-state index in [-0.39, 0.29) is 17.1 Å². The summed E-state index contributed by atoms with van der Waals surface area (Å²) < 4.78 is 2.55. The Balaban J connectivity index is 2.92. The van der Waals surface area contributed by atoms with Gasteiger partial charge in [0.1, 0.15) is 8.24 Å². The third-order valence-electron chi connectivity index (χ3n) is 3.91. The molecular weight excluding hydrogens is 246 g/mol. The van der Waals surface area contributed by atoms with Gasteiger partial charge in [0.15, 0.2) is 5.12 Å². The quantitative estimate of drug-likeness (QED) is 0.470. The van der Waals surface area contributed by atoms with E-state index in [2.05, 4.69) is 36.2 Å². The number of carbonyl (C=O) groups is 1. The Labute approximate surface area is 112 Å². The molecule has 0 aliphatic carbocycles. The Morgan fingerprint density at radius 2 is 2.24 bits per heavy atom. The van der Waals surface area contributed by atoms with Gasteiger partial charge >= 0.3 is 0 Å². The van der Waals surface area contributed by atoms with E-state index in [1.807, 2.05) is 6.92 Å². The summed E-state index contributed by atoms with van der Waals surface area (Å²) in [5.41, 5.74) is 0. The summed E-state index contributed by atoms with van der Waals surface area (Å²) >= 11 is 4.04. The first-order valence-electron chi connectivity index (χ1n) is 6.37. The topological polar surface area (TPSA) is 20.3 Å². The van der Waals surface area contributed by atoms with Gasteiger partial charge in [0.2, 0.25) is 0 Å². The van der Waals surface area contributed by atoms with Gasteiger partial charge in [0, 0.05) is 18.4 Å². The van der Waals surface area contributed by atoms with Crippen LogP contribution in [0.2, 0.25) is 19.1 Å². The molecule has 17 heavy (non-hydrogen) atoms. The monoisotopic (exact) mass is 269 g/mol. The van der Waals surface area contributed by atoms with Crippen molar-refractivity contribution in [3.8, 4) is 12.3 Å². The van der Waals surface area contributed by atoms with Gasteiger partial charge in [0.25, 0.3) is 0 Å². The van der Waals surface area contributed by atoms with Crippen molar-refractivity contribution < 1.29 is 4.79 Å². The molecule has 0 aromatic heterocycles. The zero-order valence-electron chi connectivity index (χ0n) is 11.1. The van der Waals surface area contributed by atoms with Crippen LogP contribution in [-0.2, 0) is 4.79 Å². The number of thiol groups is 1. The molecule has 1 fully saturated rings. The van der Waals surface area contributed by atoms with Crippen LogP contribution >= 0.6 is 12.6 Å². The number of carbonyl (C=O) groups excluding carboxylic acids is 1. The summed E-state index contributed by atoms with van der Waals surface area (Å²) in [6.45, 7) is 7.90. The van der Waals surface area contributed by atoms with Crippen molar-refractivity contribution in [1.29, 1.82) is 0 Å². The van der Waals surface area contributed by atoms with Crippen LogP contribution in [0.1, 0.15) is 26.2 Å². The third-order valence-corrected chi connectivity index (χ3v) is 7.93. The summed E-state index contributed by atoms with van der Waals surface area (Å²) in [5, 5.41) is -0.00977. The molecule has 2 unspecified atom stereocenters. The zero-order chi connectivity index (χ0) is 13.1. The second-order valence-electron chi connectivity index (χ2n) is 5.44. The average Bonchev–Trinajstić information content (AvgIpc) is 2.57. The van der Waals surface area contributed by atoms with E-state index < -0.39 is 8.24 Å². The van der Waals surface area contributed by atoms with Gasteiger partial charge in [-0.3, -0.25) is 4.79 Å². The Morgan fingerprint density at radius 1 is 1.59 bits per heavy atom. The van der Waals surface area contributed by atoms with Gasteiger partial charge in [-0.1, -0.05) is 20.0 Å². The lowest BCUT2D eigenvalue weighted by molar-refractivity contribution is -0.115. The maximum Gasteiger partial charge on any atom is 0.190 e. The minimum atomic E-state index is -1.34. The van der Waals surface area contributed by atoms with Crippen molar-refractivity contribution in [2.24, 2.45) is 5.92 Å². The fraction of sp³-hybridized carbons (Fsp3) is 0.769. The van der Waals surface area contributed by atoms with E-state index in [4.69, 9.17) is 6.42 Å². The highest BCUT2D eigenvalue weighted by Crippen LogP contribution is 2.33. The lowest BCUT2D eigenvalue weighted by Gasteiger charge is -2.39. The number of hydrogen-bond donors (Lipinski definition) is 1. The van der Waals surface area contributed by atoms with Gasteiger partial charge in [-0.05, 0) is 25.4 Å². The van der Waals surface area contributed by atoms with E-state index in [0.29, 0.717) is 6.42 Å². The lowest BCUT2D eigenvalue weighted by Crippen LogP contribution is -2.53. The van der Waals surface area contributed by atoms with Gasteiger partial charge < -0.3 is 4.57 Å². The molecule has 2 nitrogen and oxygen atoms in total. The van der Waals surface area contributed by atoms with Crippen LogP contribution in [0.25, 0.3) is 0 Å². The van der Waals surface area contributed by atoms with Crippen molar-refractivity contribution in [3.05, 3.63) is 0 Å². The number of terminal acetylenes is 1. The van der Waals surface area contributed by atoms with Gasteiger partial charge in [-0.2, -0.15) is 0 Å². The Morgan fingerprint density at radius 3 is 2.59 bits per heavy atom. The SMILES string of the molecule is C#CCC(C(CC)C(=O)S)N1CCC[Si]1(C)C. The summed E-state index contributed by atoms with van der Waals surface area (Å²) in [5.74, 6) is 2.73. The Bertz CT molecular complexity index is 324. The molecule has 0 saturated carbocycles. The van der Waals surface area contributed by atoms with Crippen molar-refractivity contribution in [1.82, 2.24) is 4.57 Å². The normalized spacial score (nSPS) is 23.0. The second-order valence-corrected chi connectivity index (χ2v) is 10.6. The molecule has 0 radical (unpaired) electrons. The second kappa shape index (κ2) is 6.08. The molecule has 96 valence electrons. The fourth-order valence-corrected chi connectivity index (χ4v) is 6.54. The minimum absolute atomic E-state index is 0.00977. The van der Waals surface area contributed by atoms with Crippen LogP contribution in [0.3, 0.4) is 0 Å². The van der Waals surface area contributed by atoms with Crippen LogP contribution in [0.15, 0.2) is 0 Å². The predicted octanol–water partition coefficient (Wildman–Crippen LogP) is 2.77. The molecule has 4 heteroatoms. The fourth-order valence-electron chi connectivity index (χ4n) is 2.94. The van der Waals surface area contributed by atoms with E-state index >= 15 is 0 Å². The highest BCUT2D eigenvalue weighted by Gasteiger charge is 2.41. The molecular formula is C13H23NOSSi. The molecule has 1 saturated heterocycles. The zero-order valence-corrected chi connectivity index (χ0v) is 13.0. The van der Waals surface area contributed by atoms with Crippen molar-refractivity contribution in [2.45, 2.75) is 51.4 Å². The van der Waals surface area contributed by atoms with Crippen LogP contribution in [0.5, 0.6) is 0 Å². The highest BCUT2D eigenvalue weighted by molar-refractivity contribution is 7.96. The molecule has 0 aromatic carbocycles. The smallest absolute Gasteiger partial charge is 0.190 e. The maximum absolute atomic E-state index is 11.6. The molecule has 0 bridgehead atoms. The van der Waals surface area contributed by atoms with Crippen LogP contribution in [0, 0.1) is 18.3 Å². The summed E-state index contributed by atoms with van der Waals surface area (Å²) in [6, 6.07) is 1.52. The third kappa shape index (κ3) is 3.37. The van der Waals surface area contributed by atoms with Gasteiger partial charge in [0.05, 0.1) is 0 Å². The van der Waals surface area contributed by atoms with E-state index in [1.165, 1.54) is 12.5 Å². The lowest BCUT2D eigenvalue weighted by atomic mass is 9.95. The molecule has 0 N–H and O–H groups in total. The van der Waals surface area contributed by atoms with Crippen molar-refractivity contribution >= 4 is 26.0 Å². The molecule has 0 spiro atoms. The van der Waals surface area contributed by atoms with Crippen LogP contribution in [0.4, 0.5) is 0 Å². The summed E-state index contributed by atoms with van der Waals surface area (Å²) in [6.07, 6.45) is 8.23. The molecule has 0 aromatic rings. The number of rotatable bonds is 5. The van der Waals surface area contributed by atoms with E-state index in [1.54, 1.807) is 0 Å². The number of hydrogen-bond acceptors (Lipinski definition) is 2. The van der Waals surface area contributed by atoms with Crippen molar-refractivity contribution in [2.75, 3.05) is 6.54 Å². The van der Waals surface area contributed by atoms with Crippen molar-refractivity contribution in [3.63, 3.8) is 0 Å². The molecule has 2 atom stereocenters. The number of nitrogens with zero attached hydrogens (tertiary/aromatic N) is 1. The summed E-state index contributed by atoms with van der Waals surface area (Å²) in [7, 11) is -1.34. The maximum atomic E-state index is 11.6. The largest absolute Gasteiger partial charge is 0.319 e. The molecule has 1 heterocycles. The van der Waals surface area contributed by atoms with Crippen LogP contribution < -0.4 is 0 Å². The van der Waals surface area contributed by atoms with Gasteiger partial charge in [-0.25, -0.2) is 0 Å².